The van der Waals surface area contributed by atoms with E-state index in [0.717, 1.165) is 17.0 Å². The van der Waals surface area contributed by atoms with Crippen molar-refractivity contribution in [2.45, 2.75) is 6.92 Å². The minimum atomic E-state index is 0.226. The Morgan fingerprint density at radius 3 is 2.75 bits per heavy atom. The zero-order valence-electron chi connectivity index (χ0n) is 12.9. The van der Waals surface area contributed by atoms with Gasteiger partial charge in [-0.3, -0.25) is 0 Å². The number of aromatic nitrogens is 4. The van der Waals surface area contributed by atoms with Crippen molar-refractivity contribution in [3.8, 4) is 17.6 Å². The normalized spacial score (nSPS) is 10.9. The molecule has 7 heteroatoms. The Morgan fingerprint density at radius 2 is 2.04 bits per heavy atom. The number of ether oxygens (including phenoxy) is 1. The fourth-order valence-corrected chi connectivity index (χ4v) is 2.09. The number of aromatic amines is 1. The second-order valence-corrected chi connectivity index (χ2v) is 4.91. The monoisotopic (exact) mass is 318 g/mol. The van der Waals surface area contributed by atoms with Crippen molar-refractivity contribution in [3.63, 3.8) is 0 Å². The molecule has 1 aromatic heterocycles. The molecule has 1 heterocycles. The van der Waals surface area contributed by atoms with Crippen LogP contribution in [0.4, 0.5) is 5.69 Å². The van der Waals surface area contributed by atoms with Crippen LogP contribution in [-0.2, 0) is 0 Å². The van der Waals surface area contributed by atoms with Crippen LogP contribution in [0.15, 0.2) is 54.7 Å². The van der Waals surface area contributed by atoms with Gasteiger partial charge in [-0.25, -0.2) is 0 Å². The summed E-state index contributed by atoms with van der Waals surface area (Å²) in [5.41, 5.74) is 2.00. The van der Waals surface area contributed by atoms with Crippen molar-refractivity contribution in [3.05, 3.63) is 66.1 Å². The van der Waals surface area contributed by atoms with Crippen molar-refractivity contribution in [1.82, 2.24) is 20.6 Å². The van der Waals surface area contributed by atoms with Crippen molar-refractivity contribution < 1.29 is 4.74 Å². The first-order chi connectivity index (χ1) is 11.8. The highest BCUT2D eigenvalue weighted by molar-refractivity contribution is 5.75. The van der Waals surface area contributed by atoms with E-state index in [-0.39, 0.29) is 11.4 Å². The molecule has 0 bridgehead atoms. The van der Waals surface area contributed by atoms with Gasteiger partial charge in [-0.2, -0.15) is 10.5 Å². The average Bonchev–Trinajstić information content (AvgIpc) is 3.13. The fraction of sp³-hybridized carbons (Fsp3) is 0.0588. The summed E-state index contributed by atoms with van der Waals surface area (Å²) in [5, 5.41) is 25.7. The zero-order valence-corrected chi connectivity index (χ0v) is 12.9. The van der Waals surface area contributed by atoms with Crippen LogP contribution >= 0.6 is 0 Å². The molecule has 3 rings (SSSR count). The van der Waals surface area contributed by atoms with Crippen molar-refractivity contribution in [1.29, 1.82) is 5.26 Å². The van der Waals surface area contributed by atoms with Gasteiger partial charge in [0.2, 0.25) is 5.82 Å². The summed E-state index contributed by atoms with van der Waals surface area (Å²) in [6, 6.07) is 17.2. The number of anilines is 1. The highest BCUT2D eigenvalue weighted by Crippen LogP contribution is 2.32. The van der Waals surface area contributed by atoms with Gasteiger partial charge in [-0.15, -0.1) is 10.2 Å². The Kier molecular flexibility index (Phi) is 4.49. The molecule has 0 saturated heterocycles. The first-order valence-corrected chi connectivity index (χ1v) is 7.21. The van der Waals surface area contributed by atoms with Gasteiger partial charge in [0.25, 0.3) is 0 Å². The van der Waals surface area contributed by atoms with Crippen LogP contribution < -0.4 is 10.1 Å². The van der Waals surface area contributed by atoms with Gasteiger partial charge in [-0.05, 0) is 35.9 Å². The van der Waals surface area contributed by atoms with Gasteiger partial charge in [0.1, 0.15) is 17.4 Å². The van der Waals surface area contributed by atoms with Crippen LogP contribution in [0.5, 0.6) is 11.5 Å². The summed E-state index contributed by atoms with van der Waals surface area (Å²) >= 11 is 0. The van der Waals surface area contributed by atoms with E-state index in [2.05, 4.69) is 25.9 Å². The molecule has 0 radical (unpaired) electrons. The molecule has 0 aliphatic rings. The molecule has 3 aromatic rings. The predicted molar refractivity (Wildman–Crippen MR) is 89.1 cm³/mol. The molecule has 2 N–H and O–H groups in total. The molecule has 0 unspecified atom stereocenters. The molecule has 2 aromatic carbocycles. The molecule has 0 amide bonds. The van der Waals surface area contributed by atoms with Gasteiger partial charge in [0, 0.05) is 6.20 Å². The molecular formula is C17H14N6O. The summed E-state index contributed by atoms with van der Waals surface area (Å²) in [4.78, 5) is 0. The van der Waals surface area contributed by atoms with E-state index < -0.39 is 0 Å². The molecule has 0 aliphatic heterocycles. The van der Waals surface area contributed by atoms with Crippen molar-refractivity contribution >= 4 is 11.3 Å². The number of hydrogen-bond acceptors (Lipinski definition) is 6. The number of H-pyrrole nitrogens is 1. The van der Waals surface area contributed by atoms with Crippen LogP contribution in [-0.4, -0.2) is 20.6 Å². The minimum Gasteiger partial charge on any atom is -0.455 e. The SMILES string of the molecule is Cc1cccc(Oc2ccccc2)c1NC=C(C#N)c1nn[nH]n1. The molecule has 0 saturated carbocycles. The smallest absolute Gasteiger partial charge is 0.216 e. The Morgan fingerprint density at radius 1 is 1.21 bits per heavy atom. The number of rotatable bonds is 5. The highest BCUT2D eigenvalue weighted by Gasteiger charge is 2.09. The zero-order chi connectivity index (χ0) is 16.8. The number of nitrogens with one attached hydrogen (secondary N) is 2. The van der Waals surface area contributed by atoms with Crippen LogP contribution in [0.1, 0.15) is 11.4 Å². The minimum absolute atomic E-state index is 0.226. The number of aryl methyl sites for hydroxylation is 1. The molecule has 24 heavy (non-hydrogen) atoms. The molecule has 118 valence electrons. The van der Waals surface area contributed by atoms with Gasteiger partial charge in [0.15, 0.2) is 5.75 Å². The Bertz CT molecular complexity index is 881. The van der Waals surface area contributed by atoms with Crippen molar-refractivity contribution in [2.24, 2.45) is 0 Å². The maximum atomic E-state index is 9.24. The summed E-state index contributed by atoms with van der Waals surface area (Å²) in [6.45, 7) is 1.95. The lowest BCUT2D eigenvalue weighted by atomic mass is 10.2. The van der Waals surface area contributed by atoms with E-state index >= 15 is 0 Å². The topological polar surface area (TPSA) is 99.5 Å². The standard InChI is InChI=1S/C17H14N6O/c1-12-6-5-9-15(24-14-7-3-2-4-8-14)16(12)19-11-13(10-18)17-20-22-23-21-17/h2-9,11,19H,1H3,(H,20,21,22,23). The van der Waals surface area contributed by atoms with E-state index in [4.69, 9.17) is 4.74 Å². The number of para-hydroxylation sites is 2. The summed E-state index contributed by atoms with van der Waals surface area (Å²) in [5.74, 6) is 1.61. The molecule has 0 fully saturated rings. The molecule has 0 spiro atoms. The Hall–Kier alpha value is -3.66. The second-order valence-electron chi connectivity index (χ2n) is 4.91. The van der Waals surface area contributed by atoms with Gasteiger partial charge < -0.3 is 10.1 Å². The molecule has 0 aliphatic carbocycles. The van der Waals surface area contributed by atoms with E-state index in [1.54, 1.807) is 0 Å². The third-order valence-electron chi connectivity index (χ3n) is 3.27. The van der Waals surface area contributed by atoms with Gasteiger partial charge in [-0.1, -0.05) is 30.3 Å². The molecule has 7 nitrogen and oxygen atoms in total. The number of nitriles is 1. The first-order valence-electron chi connectivity index (χ1n) is 7.21. The number of allylic oxidation sites excluding steroid dienone is 1. The van der Waals surface area contributed by atoms with Crippen molar-refractivity contribution in [2.75, 3.05) is 5.32 Å². The van der Waals surface area contributed by atoms with Crippen LogP contribution in [0, 0.1) is 18.3 Å². The summed E-state index contributed by atoms with van der Waals surface area (Å²) in [6.07, 6.45) is 1.53. The first kappa shape index (κ1) is 15.2. The maximum Gasteiger partial charge on any atom is 0.216 e. The summed E-state index contributed by atoms with van der Waals surface area (Å²) < 4.78 is 5.92. The van der Waals surface area contributed by atoms with E-state index in [9.17, 15) is 5.26 Å². The van der Waals surface area contributed by atoms with Gasteiger partial charge in [0.05, 0.1) is 5.69 Å². The lowest BCUT2D eigenvalue weighted by molar-refractivity contribution is 0.484. The third-order valence-corrected chi connectivity index (χ3v) is 3.27. The quantitative estimate of drug-likeness (QED) is 0.700. The van der Waals surface area contributed by atoms with Crippen LogP contribution in [0.2, 0.25) is 0 Å². The lowest BCUT2D eigenvalue weighted by Crippen LogP contribution is -1.98. The van der Waals surface area contributed by atoms with Gasteiger partial charge >= 0.3 is 0 Å². The average molecular weight is 318 g/mol. The molecular weight excluding hydrogens is 304 g/mol. The number of benzene rings is 2. The number of nitrogens with zero attached hydrogens (tertiary/aromatic N) is 4. The largest absolute Gasteiger partial charge is 0.455 e. The highest BCUT2D eigenvalue weighted by atomic mass is 16.5. The van der Waals surface area contributed by atoms with E-state index in [0.29, 0.717) is 5.75 Å². The van der Waals surface area contributed by atoms with Crippen LogP contribution in [0.3, 0.4) is 0 Å². The number of tetrazole rings is 1. The Labute approximate surface area is 138 Å². The van der Waals surface area contributed by atoms with E-state index in [1.165, 1.54) is 6.20 Å². The summed E-state index contributed by atoms with van der Waals surface area (Å²) in [7, 11) is 0. The fourth-order valence-electron chi connectivity index (χ4n) is 2.09. The Balaban J connectivity index is 1.89. The predicted octanol–water partition coefficient (Wildman–Crippen LogP) is 3.28. The maximum absolute atomic E-state index is 9.24. The second kappa shape index (κ2) is 7.07. The van der Waals surface area contributed by atoms with E-state index in [1.807, 2.05) is 61.5 Å². The third kappa shape index (κ3) is 3.39. The number of hydrogen-bond donors (Lipinski definition) is 2. The lowest BCUT2D eigenvalue weighted by Gasteiger charge is -2.13. The van der Waals surface area contributed by atoms with Crippen LogP contribution in [0.25, 0.3) is 5.57 Å². The molecule has 0 atom stereocenters.